The van der Waals surface area contributed by atoms with Crippen molar-refractivity contribution >= 4 is 37.5 Å². The van der Waals surface area contributed by atoms with E-state index in [2.05, 4.69) is 50.2 Å². The molecule has 4 rings (SSSR count). The van der Waals surface area contributed by atoms with E-state index in [1.165, 1.54) is 0 Å². The zero-order valence-corrected chi connectivity index (χ0v) is 13.9. The fraction of sp³-hybridized carbons (Fsp3) is 0.111. The van der Waals surface area contributed by atoms with Gasteiger partial charge in [-0.15, -0.1) is 0 Å². The summed E-state index contributed by atoms with van der Waals surface area (Å²) in [5, 5.41) is 4.31. The molecule has 23 heavy (non-hydrogen) atoms. The zero-order chi connectivity index (χ0) is 15.8. The van der Waals surface area contributed by atoms with E-state index in [9.17, 15) is 4.79 Å². The van der Waals surface area contributed by atoms with E-state index in [0.717, 1.165) is 38.3 Å². The second-order valence-corrected chi connectivity index (χ2v) is 6.30. The number of H-pyrrole nitrogens is 1. The number of aryl methyl sites for hydroxylation is 2. The average molecular weight is 368 g/mol. The maximum absolute atomic E-state index is 12.5. The quantitative estimate of drug-likeness (QED) is 0.441. The Labute approximate surface area is 140 Å². The average Bonchev–Trinajstić information content (AvgIpc) is 3.07. The Bertz CT molecular complexity index is 1050. The number of hydrogen-bond acceptors (Lipinski definition) is 2. The summed E-state index contributed by atoms with van der Waals surface area (Å²) in [4.78, 5) is 19.5. The van der Waals surface area contributed by atoms with Crippen LogP contribution < -0.4 is 5.56 Å². The summed E-state index contributed by atoms with van der Waals surface area (Å²) >= 11 is 3.49. The lowest BCUT2D eigenvalue weighted by molar-refractivity contribution is 0.694. The van der Waals surface area contributed by atoms with Gasteiger partial charge >= 0.3 is 0 Å². The fourth-order valence-corrected chi connectivity index (χ4v) is 3.54. The summed E-state index contributed by atoms with van der Waals surface area (Å²) in [7, 11) is 0. The standard InChI is InChI=1S/C18H14BrN3O/c19-17-14-6-5-12-3-1-2-4-13(12)16(14)15(18(23)21-17)7-9-22-10-8-20-11-22/h1-6,8,10-11H,7,9H2,(H,21,23). The Hall–Kier alpha value is -2.40. The Kier molecular flexibility index (Phi) is 3.50. The van der Waals surface area contributed by atoms with Crippen molar-refractivity contribution in [3.63, 3.8) is 0 Å². The Balaban J connectivity index is 1.97. The molecule has 4 nitrogen and oxygen atoms in total. The van der Waals surface area contributed by atoms with Crippen LogP contribution in [-0.4, -0.2) is 14.5 Å². The molecule has 4 aromatic rings. The summed E-state index contributed by atoms with van der Waals surface area (Å²) in [6.07, 6.45) is 6.09. The van der Waals surface area contributed by atoms with Crippen LogP contribution in [0.15, 0.2) is 64.5 Å². The molecule has 0 amide bonds. The number of benzene rings is 2. The van der Waals surface area contributed by atoms with E-state index in [1.54, 1.807) is 12.5 Å². The normalized spacial score (nSPS) is 11.3. The van der Waals surface area contributed by atoms with E-state index in [-0.39, 0.29) is 5.56 Å². The first-order valence-corrected chi connectivity index (χ1v) is 8.21. The first-order chi connectivity index (χ1) is 11.2. The predicted molar refractivity (Wildman–Crippen MR) is 95.7 cm³/mol. The third kappa shape index (κ3) is 2.47. The highest BCUT2D eigenvalue weighted by Gasteiger charge is 2.12. The van der Waals surface area contributed by atoms with E-state index in [4.69, 9.17) is 0 Å². The Morgan fingerprint density at radius 3 is 2.83 bits per heavy atom. The molecular weight excluding hydrogens is 354 g/mol. The lowest BCUT2D eigenvalue weighted by Gasteiger charge is -2.11. The summed E-state index contributed by atoms with van der Waals surface area (Å²) in [6, 6.07) is 12.3. The van der Waals surface area contributed by atoms with Gasteiger partial charge in [0.15, 0.2) is 0 Å². The molecular formula is C18H14BrN3O. The minimum Gasteiger partial charge on any atom is -0.337 e. The van der Waals surface area contributed by atoms with Crippen LogP contribution >= 0.6 is 15.9 Å². The summed E-state index contributed by atoms with van der Waals surface area (Å²) in [5.41, 5.74) is 0.773. The molecule has 1 N–H and O–H groups in total. The van der Waals surface area contributed by atoms with Gasteiger partial charge in [0, 0.05) is 35.3 Å². The van der Waals surface area contributed by atoms with E-state index in [1.807, 2.05) is 22.9 Å². The molecule has 0 aliphatic carbocycles. The Morgan fingerprint density at radius 1 is 1.13 bits per heavy atom. The molecule has 0 spiro atoms. The number of aromatic nitrogens is 3. The van der Waals surface area contributed by atoms with Crippen LogP contribution in [0.3, 0.4) is 0 Å². The number of imidazole rings is 1. The van der Waals surface area contributed by atoms with E-state index in [0.29, 0.717) is 6.42 Å². The van der Waals surface area contributed by atoms with Crippen LogP contribution in [0.2, 0.25) is 0 Å². The van der Waals surface area contributed by atoms with Crippen molar-refractivity contribution in [3.8, 4) is 0 Å². The minimum absolute atomic E-state index is 0.0409. The number of nitrogens with zero attached hydrogens (tertiary/aromatic N) is 2. The molecule has 2 heterocycles. The van der Waals surface area contributed by atoms with Crippen molar-refractivity contribution in [2.75, 3.05) is 0 Å². The molecule has 5 heteroatoms. The SMILES string of the molecule is O=c1[nH]c(Br)c2ccc3ccccc3c2c1CCn1ccnc1. The van der Waals surface area contributed by atoms with Crippen molar-refractivity contribution < 1.29 is 0 Å². The number of hydrogen-bond donors (Lipinski definition) is 1. The van der Waals surface area contributed by atoms with Gasteiger partial charge in [-0.2, -0.15) is 0 Å². The van der Waals surface area contributed by atoms with Crippen LogP contribution in [0, 0.1) is 0 Å². The van der Waals surface area contributed by atoms with E-state index >= 15 is 0 Å². The van der Waals surface area contributed by atoms with Gasteiger partial charge in [-0.1, -0.05) is 36.4 Å². The van der Waals surface area contributed by atoms with Gasteiger partial charge in [-0.05, 0) is 33.1 Å². The highest BCUT2D eigenvalue weighted by atomic mass is 79.9. The molecule has 0 unspecified atom stereocenters. The molecule has 0 fully saturated rings. The first kappa shape index (κ1) is 14.2. The number of aromatic amines is 1. The summed E-state index contributed by atoms with van der Waals surface area (Å²) < 4.78 is 2.72. The molecule has 0 saturated carbocycles. The number of pyridine rings is 1. The molecule has 0 radical (unpaired) electrons. The second kappa shape index (κ2) is 5.66. The monoisotopic (exact) mass is 367 g/mol. The van der Waals surface area contributed by atoms with Crippen molar-refractivity contribution in [1.29, 1.82) is 0 Å². The number of nitrogens with one attached hydrogen (secondary N) is 1. The summed E-state index contributed by atoms with van der Waals surface area (Å²) in [5.74, 6) is 0. The highest BCUT2D eigenvalue weighted by Crippen LogP contribution is 2.30. The molecule has 2 aromatic heterocycles. The highest BCUT2D eigenvalue weighted by molar-refractivity contribution is 9.10. The van der Waals surface area contributed by atoms with Gasteiger partial charge in [0.2, 0.25) is 0 Å². The molecule has 2 aromatic carbocycles. The van der Waals surface area contributed by atoms with E-state index < -0.39 is 0 Å². The van der Waals surface area contributed by atoms with Gasteiger partial charge in [0.25, 0.3) is 5.56 Å². The molecule has 0 aliphatic rings. The maximum atomic E-state index is 12.5. The predicted octanol–water partition coefficient (Wildman–Crippen LogP) is 3.88. The number of fused-ring (bicyclic) bond motifs is 3. The van der Waals surface area contributed by atoms with Crippen molar-refractivity contribution in [1.82, 2.24) is 14.5 Å². The van der Waals surface area contributed by atoms with Crippen LogP contribution in [0.4, 0.5) is 0 Å². The third-order valence-electron chi connectivity index (χ3n) is 4.14. The molecule has 0 aliphatic heterocycles. The van der Waals surface area contributed by atoms with Crippen LogP contribution in [0.5, 0.6) is 0 Å². The van der Waals surface area contributed by atoms with Gasteiger partial charge < -0.3 is 9.55 Å². The van der Waals surface area contributed by atoms with Crippen LogP contribution in [0.1, 0.15) is 5.56 Å². The van der Waals surface area contributed by atoms with Gasteiger partial charge in [0.05, 0.1) is 10.9 Å². The number of rotatable bonds is 3. The van der Waals surface area contributed by atoms with Crippen molar-refractivity contribution in [2.24, 2.45) is 0 Å². The summed E-state index contributed by atoms with van der Waals surface area (Å²) in [6.45, 7) is 0.725. The third-order valence-corrected chi connectivity index (χ3v) is 4.77. The molecule has 0 bridgehead atoms. The fourth-order valence-electron chi connectivity index (χ4n) is 3.03. The minimum atomic E-state index is -0.0409. The smallest absolute Gasteiger partial charge is 0.252 e. The maximum Gasteiger partial charge on any atom is 0.252 e. The molecule has 114 valence electrons. The van der Waals surface area contributed by atoms with Crippen molar-refractivity contribution in [2.45, 2.75) is 13.0 Å². The lowest BCUT2D eigenvalue weighted by atomic mass is 9.98. The second-order valence-electron chi connectivity index (χ2n) is 5.51. The first-order valence-electron chi connectivity index (χ1n) is 7.42. The number of halogens is 1. The largest absolute Gasteiger partial charge is 0.337 e. The van der Waals surface area contributed by atoms with Crippen molar-refractivity contribution in [3.05, 3.63) is 75.6 Å². The molecule has 0 atom stereocenters. The van der Waals surface area contributed by atoms with Crippen LogP contribution in [0.25, 0.3) is 21.5 Å². The topological polar surface area (TPSA) is 50.7 Å². The molecule has 0 saturated heterocycles. The zero-order valence-electron chi connectivity index (χ0n) is 12.3. The van der Waals surface area contributed by atoms with Crippen LogP contribution in [-0.2, 0) is 13.0 Å². The van der Waals surface area contributed by atoms with Gasteiger partial charge in [0.1, 0.15) is 0 Å². The lowest BCUT2D eigenvalue weighted by Crippen LogP contribution is -2.15. The van der Waals surface area contributed by atoms with Gasteiger partial charge in [-0.3, -0.25) is 4.79 Å². The Morgan fingerprint density at radius 2 is 2.00 bits per heavy atom. The van der Waals surface area contributed by atoms with Gasteiger partial charge in [-0.25, -0.2) is 4.98 Å².